The molecule has 0 aromatic heterocycles. The van der Waals surface area contributed by atoms with Crippen LogP contribution in [0, 0.1) is 23.7 Å². The molecular formula is C18H19ClO5. The third kappa shape index (κ3) is 3.18. The number of Topliss-reactive ketones (excluding diaryl/α,β-unsaturated/α-hetero) is 1. The second-order valence-corrected chi connectivity index (χ2v) is 6.88. The molecule has 0 spiro atoms. The Balaban J connectivity index is 1.63. The number of methoxy groups -OCH3 is 1. The number of rotatable bonds is 5. The van der Waals surface area contributed by atoms with Crippen LogP contribution in [0.1, 0.15) is 29.6 Å². The highest BCUT2D eigenvalue weighted by Crippen LogP contribution is 2.53. The lowest BCUT2D eigenvalue weighted by atomic mass is 9.79. The molecule has 2 aliphatic carbocycles. The first-order valence-corrected chi connectivity index (χ1v) is 8.42. The van der Waals surface area contributed by atoms with Crippen molar-refractivity contribution < 1.29 is 23.9 Å². The molecule has 1 aromatic rings. The van der Waals surface area contributed by atoms with Crippen molar-refractivity contribution in [2.45, 2.75) is 19.3 Å². The second-order valence-electron chi connectivity index (χ2n) is 6.45. The Morgan fingerprint density at radius 3 is 2.21 bits per heavy atom. The van der Waals surface area contributed by atoms with Gasteiger partial charge in [0, 0.05) is 10.6 Å². The molecular weight excluding hydrogens is 332 g/mol. The van der Waals surface area contributed by atoms with Crippen molar-refractivity contribution in [1.82, 2.24) is 0 Å². The summed E-state index contributed by atoms with van der Waals surface area (Å²) in [5.41, 5.74) is 0.435. The number of fused-ring (bicyclic) bond motifs is 2. The van der Waals surface area contributed by atoms with Crippen molar-refractivity contribution in [1.29, 1.82) is 0 Å². The van der Waals surface area contributed by atoms with Crippen molar-refractivity contribution in [3.05, 3.63) is 34.9 Å². The monoisotopic (exact) mass is 350 g/mol. The molecule has 0 amide bonds. The molecule has 4 atom stereocenters. The summed E-state index contributed by atoms with van der Waals surface area (Å²) >= 11 is 5.79. The minimum absolute atomic E-state index is 0.150. The van der Waals surface area contributed by atoms with Crippen molar-refractivity contribution in [2.24, 2.45) is 23.7 Å². The molecule has 3 rings (SSSR count). The SMILES string of the molecule is COC(=O)[C@@H]1[C@@H]2CC[C@@H](C2)[C@@H]1C(=O)OCC(=O)c1ccc(Cl)cc1. The van der Waals surface area contributed by atoms with Crippen LogP contribution >= 0.6 is 11.6 Å². The number of benzene rings is 1. The van der Waals surface area contributed by atoms with E-state index in [0.717, 1.165) is 19.3 Å². The average Bonchev–Trinajstić information content (AvgIpc) is 3.20. The summed E-state index contributed by atoms with van der Waals surface area (Å²) in [7, 11) is 1.33. The minimum Gasteiger partial charge on any atom is -0.469 e. The lowest BCUT2D eigenvalue weighted by molar-refractivity contribution is -0.161. The standard InChI is InChI=1S/C18H19ClO5/c1-23-17(21)15-11-2-3-12(8-11)16(15)18(22)24-9-14(20)10-4-6-13(19)7-5-10/h4-7,11-12,15-16H,2-3,8-9H2,1H3/t11-,12+,15-,16+/m1/s1. The van der Waals surface area contributed by atoms with E-state index in [9.17, 15) is 14.4 Å². The van der Waals surface area contributed by atoms with Gasteiger partial charge in [0.05, 0.1) is 18.9 Å². The Kier molecular flexibility index (Phi) is 4.90. The summed E-state index contributed by atoms with van der Waals surface area (Å²) < 4.78 is 10.1. The van der Waals surface area contributed by atoms with E-state index in [1.54, 1.807) is 24.3 Å². The molecule has 0 aliphatic heterocycles. The molecule has 0 heterocycles. The van der Waals surface area contributed by atoms with Gasteiger partial charge in [0.25, 0.3) is 0 Å². The summed E-state index contributed by atoms with van der Waals surface area (Å²) in [5, 5.41) is 0.534. The van der Waals surface area contributed by atoms with Crippen LogP contribution in [-0.4, -0.2) is 31.4 Å². The van der Waals surface area contributed by atoms with Gasteiger partial charge in [-0.1, -0.05) is 11.6 Å². The van der Waals surface area contributed by atoms with Gasteiger partial charge < -0.3 is 9.47 Å². The van der Waals surface area contributed by atoms with E-state index in [-0.39, 0.29) is 30.2 Å². The summed E-state index contributed by atoms with van der Waals surface area (Å²) in [6.07, 6.45) is 2.71. The van der Waals surface area contributed by atoms with Gasteiger partial charge in [-0.25, -0.2) is 0 Å². The van der Waals surface area contributed by atoms with Crippen molar-refractivity contribution in [2.75, 3.05) is 13.7 Å². The largest absolute Gasteiger partial charge is 0.469 e. The smallest absolute Gasteiger partial charge is 0.310 e. The molecule has 24 heavy (non-hydrogen) atoms. The Labute approximate surface area is 145 Å². The topological polar surface area (TPSA) is 69.7 Å². The Bertz CT molecular complexity index is 654. The number of esters is 2. The third-order valence-electron chi connectivity index (χ3n) is 5.17. The summed E-state index contributed by atoms with van der Waals surface area (Å²) in [6, 6.07) is 6.40. The Morgan fingerprint density at radius 2 is 1.62 bits per heavy atom. The van der Waals surface area contributed by atoms with Gasteiger partial charge in [-0.3, -0.25) is 14.4 Å². The van der Waals surface area contributed by atoms with Gasteiger partial charge in [0.15, 0.2) is 12.4 Å². The van der Waals surface area contributed by atoms with E-state index >= 15 is 0 Å². The Morgan fingerprint density at radius 1 is 1.04 bits per heavy atom. The molecule has 6 heteroatoms. The first-order valence-electron chi connectivity index (χ1n) is 8.04. The van der Waals surface area contributed by atoms with Crippen LogP contribution in [0.4, 0.5) is 0 Å². The second kappa shape index (κ2) is 6.93. The molecule has 1 aromatic carbocycles. The quantitative estimate of drug-likeness (QED) is 0.603. The maximum atomic E-state index is 12.5. The number of hydrogen-bond acceptors (Lipinski definition) is 5. The van der Waals surface area contributed by atoms with E-state index < -0.39 is 17.8 Å². The molecule has 2 fully saturated rings. The van der Waals surface area contributed by atoms with Crippen LogP contribution < -0.4 is 0 Å². The van der Waals surface area contributed by atoms with E-state index in [4.69, 9.17) is 21.1 Å². The molecule has 2 saturated carbocycles. The number of hydrogen-bond donors (Lipinski definition) is 0. The fourth-order valence-corrected chi connectivity index (χ4v) is 4.18. The van der Waals surface area contributed by atoms with Crippen LogP contribution in [0.3, 0.4) is 0 Å². The van der Waals surface area contributed by atoms with Crippen molar-refractivity contribution in [3.8, 4) is 0 Å². The van der Waals surface area contributed by atoms with Gasteiger partial charge >= 0.3 is 11.9 Å². The van der Waals surface area contributed by atoms with Gasteiger partial charge in [-0.15, -0.1) is 0 Å². The highest BCUT2D eigenvalue weighted by atomic mass is 35.5. The predicted molar refractivity (Wildman–Crippen MR) is 86.6 cm³/mol. The summed E-state index contributed by atoms with van der Waals surface area (Å²) in [6.45, 7) is -0.331. The predicted octanol–water partition coefficient (Wildman–Crippen LogP) is 2.90. The summed E-state index contributed by atoms with van der Waals surface area (Å²) in [4.78, 5) is 36.5. The number of halogens is 1. The molecule has 128 valence electrons. The molecule has 0 radical (unpaired) electrons. The first-order chi connectivity index (χ1) is 11.5. The number of carbonyl (C=O) groups excluding carboxylic acids is 3. The van der Waals surface area contributed by atoms with E-state index in [2.05, 4.69) is 0 Å². The molecule has 0 unspecified atom stereocenters. The zero-order valence-electron chi connectivity index (χ0n) is 13.4. The fraction of sp³-hybridized carbons (Fsp3) is 0.500. The van der Waals surface area contributed by atoms with Gasteiger partial charge in [-0.2, -0.15) is 0 Å². The highest BCUT2D eigenvalue weighted by molar-refractivity contribution is 6.30. The van der Waals surface area contributed by atoms with Crippen molar-refractivity contribution in [3.63, 3.8) is 0 Å². The van der Waals surface area contributed by atoms with E-state index in [1.807, 2.05) is 0 Å². The lowest BCUT2D eigenvalue weighted by Gasteiger charge is -2.27. The lowest BCUT2D eigenvalue weighted by Crippen LogP contribution is -2.37. The van der Waals surface area contributed by atoms with Gasteiger partial charge in [0.1, 0.15) is 0 Å². The van der Waals surface area contributed by atoms with Crippen molar-refractivity contribution >= 4 is 29.3 Å². The molecule has 2 aliphatic rings. The zero-order valence-corrected chi connectivity index (χ0v) is 14.1. The normalized spacial score (nSPS) is 27.8. The maximum absolute atomic E-state index is 12.5. The zero-order chi connectivity index (χ0) is 17.3. The van der Waals surface area contributed by atoms with Crippen LogP contribution in [0.15, 0.2) is 24.3 Å². The molecule has 0 saturated heterocycles. The van der Waals surface area contributed by atoms with Crippen LogP contribution in [0.2, 0.25) is 5.02 Å². The Hall–Kier alpha value is -1.88. The van der Waals surface area contributed by atoms with Crippen LogP contribution in [-0.2, 0) is 19.1 Å². The minimum atomic E-state index is -0.491. The van der Waals surface area contributed by atoms with Crippen LogP contribution in [0.5, 0.6) is 0 Å². The van der Waals surface area contributed by atoms with Crippen LogP contribution in [0.25, 0.3) is 0 Å². The number of carbonyl (C=O) groups is 3. The molecule has 2 bridgehead atoms. The third-order valence-corrected chi connectivity index (χ3v) is 5.43. The highest BCUT2D eigenvalue weighted by Gasteiger charge is 2.55. The van der Waals surface area contributed by atoms with E-state index in [1.165, 1.54) is 7.11 Å². The molecule has 0 N–H and O–H groups in total. The number of ketones is 1. The van der Waals surface area contributed by atoms with E-state index in [0.29, 0.717) is 10.6 Å². The van der Waals surface area contributed by atoms with Gasteiger partial charge in [0.2, 0.25) is 0 Å². The fourth-order valence-electron chi connectivity index (χ4n) is 4.06. The summed E-state index contributed by atoms with van der Waals surface area (Å²) in [5.74, 6) is -1.71. The molecule has 5 nitrogen and oxygen atoms in total. The first kappa shape index (κ1) is 17.0. The average molecular weight is 351 g/mol. The van der Waals surface area contributed by atoms with Gasteiger partial charge in [-0.05, 0) is 55.4 Å². The maximum Gasteiger partial charge on any atom is 0.310 e. The number of ether oxygens (including phenoxy) is 2.